The number of nitrogens with one attached hydrogen (secondary N) is 2. The highest BCUT2D eigenvalue weighted by atomic mass is 16.2. The number of amides is 2. The van der Waals surface area contributed by atoms with Crippen molar-refractivity contribution in [3.63, 3.8) is 0 Å². The third-order valence-corrected chi connectivity index (χ3v) is 7.12. The first-order valence-electron chi connectivity index (χ1n) is 12.6. The highest BCUT2D eigenvalue weighted by molar-refractivity contribution is 5.95. The molecule has 1 saturated heterocycles. The maximum atomic E-state index is 13.4. The Morgan fingerprint density at radius 1 is 0.973 bits per heavy atom. The Kier molecular flexibility index (Phi) is 6.18. The van der Waals surface area contributed by atoms with E-state index in [1.807, 2.05) is 47.4 Å². The number of rotatable bonds is 6. The second kappa shape index (κ2) is 9.93. The normalized spacial score (nSPS) is 20.9. The Hall–Kier alpha value is -4.40. The van der Waals surface area contributed by atoms with Crippen LogP contribution in [0.25, 0.3) is 11.5 Å². The summed E-state index contributed by atoms with van der Waals surface area (Å²) < 4.78 is 0. The minimum Gasteiger partial charge on any atom is -0.330 e. The zero-order valence-electron chi connectivity index (χ0n) is 20.2. The van der Waals surface area contributed by atoms with Gasteiger partial charge in [-0.15, -0.1) is 0 Å². The summed E-state index contributed by atoms with van der Waals surface area (Å²) in [5.41, 5.74) is 3.09. The highest BCUT2D eigenvalue weighted by Crippen LogP contribution is 2.47. The lowest BCUT2D eigenvalue weighted by Crippen LogP contribution is -2.38. The first kappa shape index (κ1) is 23.0. The molecule has 1 aromatic carbocycles. The summed E-state index contributed by atoms with van der Waals surface area (Å²) in [6, 6.07) is 17.3. The van der Waals surface area contributed by atoms with Crippen molar-refractivity contribution >= 4 is 17.6 Å². The summed E-state index contributed by atoms with van der Waals surface area (Å²) in [5, 5.41) is 10.3. The number of pyridine rings is 1. The quantitative estimate of drug-likeness (QED) is 0.412. The second-order valence-electron chi connectivity index (χ2n) is 9.58. The monoisotopic (exact) mass is 493 g/mol. The zero-order valence-corrected chi connectivity index (χ0v) is 20.2. The molecule has 2 N–H and O–H groups in total. The minimum atomic E-state index is -0.159. The van der Waals surface area contributed by atoms with E-state index < -0.39 is 0 Å². The molecule has 1 aliphatic heterocycles. The predicted molar refractivity (Wildman–Crippen MR) is 137 cm³/mol. The van der Waals surface area contributed by atoms with Gasteiger partial charge in [0.1, 0.15) is 5.69 Å². The van der Waals surface area contributed by atoms with Crippen molar-refractivity contribution < 1.29 is 9.59 Å². The molecule has 3 aromatic heterocycles. The van der Waals surface area contributed by atoms with Crippen molar-refractivity contribution in [2.75, 3.05) is 11.9 Å². The summed E-state index contributed by atoms with van der Waals surface area (Å²) >= 11 is 0. The topological polar surface area (TPSA) is 117 Å². The first-order valence-corrected chi connectivity index (χ1v) is 12.6. The summed E-state index contributed by atoms with van der Waals surface area (Å²) in [4.78, 5) is 41.0. The van der Waals surface area contributed by atoms with E-state index >= 15 is 0 Å². The maximum Gasteiger partial charge on any atom is 0.257 e. The van der Waals surface area contributed by atoms with Crippen LogP contribution in [0.1, 0.15) is 59.3 Å². The molecular formula is C28H27N7O2. The van der Waals surface area contributed by atoms with Gasteiger partial charge in [-0.05, 0) is 49.3 Å². The van der Waals surface area contributed by atoms with E-state index in [1.54, 1.807) is 18.6 Å². The molecule has 3 unspecified atom stereocenters. The number of likely N-dealkylation sites (tertiary alicyclic amines) is 1. The van der Waals surface area contributed by atoms with E-state index in [4.69, 9.17) is 0 Å². The number of H-pyrrole nitrogens is 1. The molecule has 2 amide bonds. The van der Waals surface area contributed by atoms with E-state index in [1.165, 1.54) is 5.56 Å². The van der Waals surface area contributed by atoms with Crippen LogP contribution in [0.3, 0.4) is 0 Å². The van der Waals surface area contributed by atoms with Gasteiger partial charge < -0.3 is 10.2 Å². The number of benzene rings is 1. The van der Waals surface area contributed by atoms with Crippen LogP contribution in [0.5, 0.6) is 0 Å². The lowest BCUT2D eigenvalue weighted by molar-refractivity contribution is -0.117. The van der Waals surface area contributed by atoms with E-state index in [0.29, 0.717) is 29.4 Å². The molecular weight excluding hydrogens is 466 g/mol. The standard InChI is InChI=1S/C28H27N7O2/c36-27(21-14-20(21)18-8-2-1-3-9-18)32-25-15-23(33-34-25)24-11-5-7-13-35(24)28(37)19-16-30-26(31-17-19)22-10-4-6-12-29-22/h1-4,6,8-10,12,15-17,20-21,24H,5,7,11,13-14H2,(H2,32,33,34,36). The minimum absolute atomic E-state index is 0.0198. The molecule has 2 aliphatic rings. The number of carbonyl (C=O) groups is 2. The molecule has 3 atom stereocenters. The number of nitrogens with zero attached hydrogens (tertiary/aromatic N) is 5. The smallest absolute Gasteiger partial charge is 0.257 e. The maximum absolute atomic E-state index is 13.4. The van der Waals surface area contributed by atoms with Gasteiger partial charge in [-0.3, -0.25) is 19.7 Å². The fraction of sp³-hybridized carbons (Fsp3) is 0.286. The summed E-state index contributed by atoms with van der Waals surface area (Å²) in [7, 11) is 0. The molecule has 0 spiro atoms. The van der Waals surface area contributed by atoms with Gasteiger partial charge in [0, 0.05) is 37.1 Å². The van der Waals surface area contributed by atoms with E-state index in [-0.39, 0.29) is 29.7 Å². The van der Waals surface area contributed by atoms with Crippen LogP contribution in [-0.4, -0.2) is 48.4 Å². The van der Waals surface area contributed by atoms with Crippen LogP contribution >= 0.6 is 0 Å². The van der Waals surface area contributed by atoms with Crippen molar-refractivity contribution in [3.8, 4) is 11.5 Å². The van der Waals surface area contributed by atoms with Gasteiger partial charge in [-0.25, -0.2) is 9.97 Å². The van der Waals surface area contributed by atoms with Crippen LogP contribution in [0.15, 0.2) is 73.2 Å². The molecule has 6 rings (SSSR count). The molecule has 186 valence electrons. The number of hydrogen-bond acceptors (Lipinski definition) is 6. The molecule has 0 bridgehead atoms. The molecule has 0 radical (unpaired) electrons. The molecule has 9 heteroatoms. The number of hydrogen-bond donors (Lipinski definition) is 2. The van der Waals surface area contributed by atoms with Gasteiger partial charge in [0.15, 0.2) is 11.6 Å². The Labute approximate surface area is 214 Å². The largest absolute Gasteiger partial charge is 0.330 e. The zero-order chi connectivity index (χ0) is 25.2. The molecule has 4 aromatic rings. The molecule has 4 heterocycles. The van der Waals surface area contributed by atoms with Crippen molar-refractivity contribution in [2.24, 2.45) is 5.92 Å². The van der Waals surface area contributed by atoms with Crippen molar-refractivity contribution in [1.29, 1.82) is 0 Å². The summed E-state index contributed by atoms with van der Waals surface area (Å²) in [5.74, 6) is 1.04. The van der Waals surface area contributed by atoms with Crippen molar-refractivity contribution in [2.45, 2.75) is 37.6 Å². The van der Waals surface area contributed by atoms with Crippen LogP contribution in [0.2, 0.25) is 0 Å². The average Bonchev–Trinajstić information content (AvgIpc) is 3.65. The van der Waals surface area contributed by atoms with Crippen LogP contribution in [-0.2, 0) is 4.79 Å². The fourth-order valence-electron chi connectivity index (χ4n) is 5.07. The van der Waals surface area contributed by atoms with Crippen molar-refractivity contribution in [3.05, 3.63) is 90.0 Å². The van der Waals surface area contributed by atoms with E-state index in [2.05, 4.69) is 42.6 Å². The van der Waals surface area contributed by atoms with E-state index in [9.17, 15) is 9.59 Å². The van der Waals surface area contributed by atoms with Gasteiger partial charge >= 0.3 is 0 Å². The summed E-state index contributed by atoms with van der Waals surface area (Å²) in [6.07, 6.45) is 8.39. The lowest BCUT2D eigenvalue weighted by atomic mass is 9.98. The molecule has 1 aliphatic carbocycles. The Morgan fingerprint density at radius 2 is 1.78 bits per heavy atom. The highest BCUT2D eigenvalue weighted by Gasteiger charge is 2.44. The van der Waals surface area contributed by atoms with Crippen LogP contribution in [0.4, 0.5) is 5.82 Å². The molecule has 9 nitrogen and oxygen atoms in total. The number of carbonyl (C=O) groups excluding carboxylic acids is 2. The first-order chi connectivity index (χ1) is 18.2. The SMILES string of the molecule is O=C(Nc1cc(C2CCCCN2C(=O)c2cnc(-c3ccccn3)nc2)[nH]n1)C1CC1c1ccccc1. The number of piperidine rings is 1. The predicted octanol–water partition coefficient (Wildman–Crippen LogP) is 4.37. The summed E-state index contributed by atoms with van der Waals surface area (Å²) in [6.45, 7) is 0.632. The number of anilines is 1. The number of aromatic amines is 1. The van der Waals surface area contributed by atoms with Gasteiger partial charge in [0.25, 0.3) is 5.91 Å². The number of aromatic nitrogens is 5. The van der Waals surface area contributed by atoms with Crippen molar-refractivity contribution in [1.82, 2.24) is 30.0 Å². The Bertz CT molecular complexity index is 1390. The van der Waals surface area contributed by atoms with Crippen LogP contribution in [0, 0.1) is 5.92 Å². The third-order valence-electron chi connectivity index (χ3n) is 7.12. The van der Waals surface area contributed by atoms with Gasteiger partial charge in [0.2, 0.25) is 5.91 Å². The Balaban J connectivity index is 1.13. The fourth-order valence-corrected chi connectivity index (χ4v) is 5.07. The van der Waals surface area contributed by atoms with Gasteiger partial charge in [0.05, 0.1) is 17.3 Å². The average molecular weight is 494 g/mol. The Morgan fingerprint density at radius 3 is 2.57 bits per heavy atom. The molecule has 2 fully saturated rings. The third kappa shape index (κ3) is 4.84. The van der Waals surface area contributed by atoms with Gasteiger partial charge in [-0.1, -0.05) is 36.4 Å². The molecule has 37 heavy (non-hydrogen) atoms. The van der Waals surface area contributed by atoms with Crippen LogP contribution < -0.4 is 5.32 Å². The molecule has 1 saturated carbocycles. The van der Waals surface area contributed by atoms with Gasteiger partial charge in [-0.2, -0.15) is 5.10 Å². The van der Waals surface area contributed by atoms with E-state index in [0.717, 1.165) is 31.4 Å². The lowest BCUT2D eigenvalue weighted by Gasteiger charge is -2.35. The second-order valence-corrected chi connectivity index (χ2v) is 9.58.